The fourth-order valence-electron chi connectivity index (χ4n) is 2.26. The lowest BCUT2D eigenvalue weighted by Gasteiger charge is -2.07. The van der Waals surface area contributed by atoms with Crippen LogP contribution >= 0.6 is 11.3 Å². The van der Waals surface area contributed by atoms with Gasteiger partial charge in [0.2, 0.25) is 0 Å². The molecule has 0 radical (unpaired) electrons. The lowest BCUT2D eigenvalue weighted by atomic mass is 10.1. The fourth-order valence-corrected chi connectivity index (χ4v) is 5.34. The highest BCUT2D eigenvalue weighted by Crippen LogP contribution is 2.25. The third kappa shape index (κ3) is 4.34. The van der Waals surface area contributed by atoms with Crippen molar-refractivity contribution >= 4 is 36.9 Å². The van der Waals surface area contributed by atoms with Gasteiger partial charge in [-0.25, -0.2) is 16.8 Å². The molecule has 0 aliphatic carbocycles. The van der Waals surface area contributed by atoms with Crippen LogP contribution in [0.15, 0.2) is 57.8 Å². The molecule has 27 heavy (non-hydrogen) atoms. The third-order valence-electron chi connectivity index (χ3n) is 3.75. The molecule has 0 unspecified atom stereocenters. The van der Waals surface area contributed by atoms with E-state index in [0.717, 1.165) is 4.88 Å². The molecule has 0 saturated carbocycles. The summed E-state index contributed by atoms with van der Waals surface area (Å²) in [5.74, 6) is -0.0420. The van der Waals surface area contributed by atoms with E-state index in [1.54, 1.807) is 49.4 Å². The normalized spacial score (nSPS) is 12.1. The van der Waals surface area contributed by atoms with Gasteiger partial charge in [0.15, 0.2) is 14.9 Å². The summed E-state index contributed by atoms with van der Waals surface area (Å²) in [5.41, 5.74) is 1.61. The van der Waals surface area contributed by atoms with Gasteiger partial charge in [-0.05, 0) is 43.3 Å². The Morgan fingerprint density at radius 2 is 1.63 bits per heavy atom. The molecular weight excluding hydrogens is 406 g/mol. The van der Waals surface area contributed by atoms with Gasteiger partial charge in [-0.1, -0.05) is 19.1 Å². The average Bonchev–Trinajstić information content (AvgIpc) is 3.10. The quantitative estimate of drug-likeness (QED) is 0.653. The van der Waals surface area contributed by atoms with E-state index in [1.165, 1.54) is 17.4 Å². The minimum absolute atomic E-state index is 0.0420. The zero-order chi connectivity index (χ0) is 19.7. The maximum atomic E-state index is 12.3. The topological polar surface area (TPSA) is 106 Å². The van der Waals surface area contributed by atoms with Crippen molar-refractivity contribution in [3.63, 3.8) is 0 Å². The number of aryl methyl sites for hydroxylation is 1. The largest absolute Gasteiger partial charge is 0.279 e. The Bertz CT molecular complexity index is 1150. The molecule has 3 rings (SSSR count). The molecule has 0 spiro atoms. The van der Waals surface area contributed by atoms with E-state index in [4.69, 9.17) is 0 Å². The first kappa shape index (κ1) is 19.5. The molecule has 0 aliphatic rings. The number of thiophene rings is 1. The highest BCUT2D eigenvalue weighted by molar-refractivity contribution is 7.94. The van der Waals surface area contributed by atoms with E-state index in [0.29, 0.717) is 16.9 Å². The maximum Gasteiger partial charge on any atom is 0.271 e. The summed E-state index contributed by atoms with van der Waals surface area (Å²) >= 11 is 1.20. The van der Waals surface area contributed by atoms with Crippen LogP contribution in [0.3, 0.4) is 0 Å². The van der Waals surface area contributed by atoms with Crippen LogP contribution in [0.2, 0.25) is 0 Å². The van der Waals surface area contributed by atoms with Crippen LogP contribution in [0.25, 0.3) is 11.3 Å². The van der Waals surface area contributed by atoms with Gasteiger partial charge in [0.1, 0.15) is 4.21 Å². The molecule has 0 saturated heterocycles. The number of nitrogens with one attached hydrogen (secondary N) is 1. The SMILES string of the molecule is CCS(=O)(=O)c1ccc(-c2ccc(NS(=O)(=O)c3ccc(C)s3)cc2)nn1. The molecule has 2 heterocycles. The molecule has 10 heteroatoms. The Morgan fingerprint density at radius 1 is 0.926 bits per heavy atom. The van der Waals surface area contributed by atoms with Gasteiger partial charge < -0.3 is 0 Å². The van der Waals surface area contributed by atoms with E-state index in [-0.39, 0.29) is 15.0 Å². The van der Waals surface area contributed by atoms with Crippen molar-refractivity contribution in [2.24, 2.45) is 0 Å². The van der Waals surface area contributed by atoms with Gasteiger partial charge in [-0.15, -0.1) is 21.5 Å². The Labute approximate surface area is 162 Å². The molecular formula is C17H17N3O4S3. The molecule has 0 aliphatic heterocycles. The van der Waals surface area contributed by atoms with Gasteiger partial charge in [-0.2, -0.15) is 0 Å². The van der Waals surface area contributed by atoms with Crippen LogP contribution < -0.4 is 4.72 Å². The first-order valence-electron chi connectivity index (χ1n) is 7.97. The lowest BCUT2D eigenvalue weighted by molar-refractivity contribution is 0.591. The Hall–Kier alpha value is -2.30. The molecule has 0 atom stereocenters. The number of anilines is 1. The Morgan fingerprint density at radius 3 is 2.15 bits per heavy atom. The summed E-state index contributed by atoms with van der Waals surface area (Å²) < 4.78 is 51.0. The predicted molar refractivity (Wildman–Crippen MR) is 105 cm³/mol. The van der Waals surface area contributed by atoms with E-state index >= 15 is 0 Å². The summed E-state index contributed by atoms with van der Waals surface area (Å²) in [6, 6.07) is 12.9. The summed E-state index contributed by atoms with van der Waals surface area (Å²) in [7, 11) is -7.02. The highest BCUT2D eigenvalue weighted by atomic mass is 32.2. The summed E-state index contributed by atoms with van der Waals surface area (Å²) in [6.07, 6.45) is 0. The van der Waals surface area contributed by atoms with Gasteiger partial charge in [-0.3, -0.25) is 4.72 Å². The maximum absolute atomic E-state index is 12.3. The van der Waals surface area contributed by atoms with E-state index < -0.39 is 19.9 Å². The van der Waals surface area contributed by atoms with E-state index in [9.17, 15) is 16.8 Å². The van der Waals surface area contributed by atoms with Crippen LogP contribution in [0, 0.1) is 6.92 Å². The van der Waals surface area contributed by atoms with Crippen molar-refractivity contribution in [1.29, 1.82) is 0 Å². The summed E-state index contributed by atoms with van der Waals surface area (Å²) in [4.78, 5) is 0.915. The highest BCUT2D eigenvalue weighted by Gasteiger charge is 2.17. The van der Waals surface area contributed by atoms with Crippen molar-refractivity contribution in [2.45, 2.75) is 23.1 Å². The fraction of sp³-hybridized carbons (Fsp3) is 0.176. The van der Waals surface area contributed by atoms with Gasteiger partial charge in [0.25, 0.3) is 10.0 Å². The average molecular weight is 424 g/mol. The number of hydrogen-bond donors (Lipinski definition) is 1. The number of aromatic nitrogens is 2. The molecule has 2 aromatic heterocycles. The van der Waals surface area contributed by atoms with Crippen LogP contribution in [0.1, 0.15) is 11.8 Å². The smallest absolute Gasteiger partial charge is 0.271 e. The zero-order valence-electron chi connectivity index (χ0n) is 14.6. The van der Waals surface area contributed by atoms with Crippen LogP contribution in [0.5, 0.6) is 0 Å². The molecule has 7 nitrogen and oxygen atoms in total. The predicted octanol–water partition coefficient (Wildman–Crippen LogP) is 3.11. The van der Waals surface area contributed by atoms with E-state index in [1.807, 2.05) is 6.92 Å². The lowest BCUT2D eigenvalue weighted by Crippen LogP contribution is -2.11. The molecule has 1 N–H and O–H groups in total. The summed E-state index contributed by atoms with van der Waals surface area (Å²) in [6.45, 7) is 3.39. The Balaban J connectivity index is 1.79. The van der Waals surface area contributed by atoms with Crippen molar-refractivity contribution in [3.05, 3.63) is 53.4 Å². The molecule has 1 aromatic carbocycles. The number of nitrogens with zero attached hydrogens (tertiary/aromatic N) is 2. The number of benzene rings is 1. The van der Waals surface area contributed by atoms with Crippen molar-refractivity contribution in [2.75, 3.05) is 10.5 Å². The number of sulfone groups is 1. The third-order valence-corrected chi connectivity index (χ3v) is 8.24. The van der Waals surface area contributed by atoms with Crippen LogP contribution in [-0.4, -0.2) is 32.8 Å². The van der Waals surface area contributed by atoms with Gasteiger partial charge in [0, 0.05) is 16.1 Å². The Kier molecular flexibility index (Phi) is 5.31. The summed E-state index contributed by atoms with van der Waals surface area (Å²) in [5, 5.41) is 7.66. The minimum atomic E-state index is -3.62. The zero-order valence-corrected chi connectivity index (χ0v) is 17.0. The number of sulfonamides is 1. The van der Waals surface area contributed by atoms with Gasteiger partial charge >= 0.3 is 0 Å². The first-order valence-corrected chi connectivity index (χ1v) is 11.9. The first-order chi connectivity index (χ1) is 12.7. The van der Waals surface area contributed by atoms with Crippen molar-refractivity contribution < 1.29 is 16.8 Å². The standard InChI is InChI=1S/C17H17N3O4S3/c1-3-26(21,22)16-10-9-15(18-19-16)13-5-7-14(8-6-13)20-27(23,24)17-11-4-12(2)25-17/h4-11,20H,3H2,1-2H3. The van der Waals surface area contributed by atoms with Crippen LogP contribution in [0.4, 0.5) is 5.69 Å². The molecule has 0 bridgehead atoms. The number of hydrogen-bond acceptors (Lipinski definition) is 7. The second kappa shape index (κ2) is 7.37. The minimum Gasteiger partial charge on any atom is -0.279 e. The van der Waals surface area contributed by atoms with Gasteiger partial charge in [0.05, 0.1) is 11.4 Å². The monoisotopic (exact) mass is 423 g/mol. The van der Waals surface area contributed by atoms with E-state index in [2.05, 4.69) is 14.9 Å². The molecule has 0 amide bonds. The van der Waals surface area contributed by atoms with Crippen LogP contribution in [-0.2, 0) is 19.9 Å². The molecule has 0 fully saturated rings. The second-order valence-corrected chi connectivity index (χ2v) is 11.1. The second-order valence-electron chi connectivity index (χ2n) is 5.71. The molecule has 3 aromatic rings. The molecule has 142 valence electrons. The number of rotatable bonds is 6. The van der Waals surface area contributed by atoms with Crippen molar-refractivity contribution in [3.8, 4) is 11.3 Å². The van der Waals surface area contributed by atoms with Crippen molar-refractivity contribution in [1.82, 2.24) is 10.2 Å².